The second-order valence-electron chi connectivity index (χ2n) is 4.79. The highest BCUT2D eigenvalue weighted by Gasteiger charge is 2.32. The lowest BCUT2D eigenvalue weighted by Crippen LogP contribution is -2.43. The van der Waals surface area contributed by atoms with Crippen LogP contribution in [0.25, 0.3) is 0 Å². The van der Waals surface area contributed by atoms with Crippen molar-refractivity contribution >= 4 is 32.9 Å². The number of para-hydroxylation sites is 1. The molecule has 108 valence electrons. The number of benzene rings is 1. The van der Waals surface area contributed by atoms with Crippen molar-refractivity contribution in [2.75, 3.05) is 23.4 Å². The second-order valence-corrected chi connectivity index (χ2v) is 7.41. The molecule has 0 unspecified atom stereocenters. The summed E-state index contributed by atoms with van der Waals surface area (Å²) in [5.41, 5.74) is 0.896. The maximum Gasteiger partial charge on any atom is 0.173 e. The summed E-state index contributed by atoms with van der Waals surface area (Å²) >= 11 is 5.41. The van der Waals surface area contributed by atoms with Gasteiger partial charge in [0, 0.05) is 18.3 Å². The van der Waals surface area contributed by atoms with Gasteiger partial charge in [0.05, 0.1) is 11.5 Å². The second kappa shape index (κ2) is 6.37. The van der Waals surface area contributed by atoms with Gasteiger partial charge >= 0.3 is 0 Å². The van der Waals surface area contributed by atoms with Crippen molar-refractivity contribution in [2.45, 2.75) is 12.5 Å². The Morgan fingerprint density at radius 3 is 2.70 bits per heavy atom. The molecule has 1 saturated heterocycles. The van der Waals surface area contributed by atoms with E-state index in [1.54, 1.807) is 6.08 Å². The standard InChI is InChI=1S/C14H18N2O2S2/c1-2-9-16(13-8-10-20(17,18)11-13)14(19)15-12-6-4-3-5-7-12/h2-7,13H,1,8-11H2,(H,15,19)/t13-/m1/s1. The predicted molar refractivity (Wildman–Crippen MR) is 86.6 cm³/mol. The molecule has 4 nitrogen and oxygen atoms in total. The molecular formula is C14H18N2O2S2. The van der Waals surface area contributed by atoms with Crippen LogP contribution in [0.1, 0.15) is 6.42 Å². The molecule has 6 heteroatoms. The van der Waals surface area contributed by atoms with Crippen molar-refractivity contribution in [1.29, 1.82) is 0 Å². The third kappa shape index (κ3) is 3.80. The van der Waals surface area contributed by atoms with Gasteiger partial charge in [-0.05, 0) is 30.8 Å². The molecule has 1 aromatic rings. The van der Waals surface area contributed by atoms with Gasteiger partial charge in [0.15, 0.2) is 14.9 Å². The summed E-state index contributed by atoms with van der Waals surface area (Å²) in [6, 6.07) is 9.54. The maximum atomic E-state index is 11.6. The summed E-state index contributed by atoms with van der Waals surface area (Å²) in [5, 5.41) is 3.69. The van der Waals surface area contributed by atoms with Crippen molar-refractivity contribution in [3.8, 4) is 0 Å². The number of hydrogen-bond donors (Lipinski definition) is 1. The molecule has 1 fully saturated rings. The van der Waals surface area contributed by atoms with E-state index in [1.807, 2.05) is 35.2 Å². The smallest absolute Gasteiger partial charge is 0.173 e. The van der Waals surface area contributed by atoms with Gasteiger partial charge in [-0.15, -0.1) is 6.58 Å². The van der Waals surface area contributed by atoms with Gasteiger partial charge in [-0.1, -0.05) is 24.3 Å². The minimum absolute atomic E-state index is 0.0679. The molecule has 0 saturated carbocycles. The zero-order valence-corrected chi connectivity index (χ0v) is 12.8. The molecule has 0 aliphatic carbocycles. The number of rotatable bonds is 4. The van der Waals surface area contributed by atoms with E-state index in [0.29, 0.717) is 18.1 Å². The van der Waals surface area contributed by atoms with Crippen LogP contribution < -0.4 is 5.32 Å². The molecule has 1 heterocycles. The molecular weight excluding hydrogens is 292 g/mol. The highest BCUT2D eigenvalue weighted by atomic mass is 32.2. The summed E-state index contributed by atoms with van der Waals surface area (Å²) in [6.45, 7) is 4.26. The molecule has 0 amide bonds. The molecule has 1 aromatic carbocycles. The Morgan fingerprint density at radius 2 is 2.15 bits per heavy atom. The van der Waals surface area contributed by atoms with Crippen molar-refractivity contribution < 1.29 is 8.42 Å². The fourth-order valence-electron chi connectivity index (χ4n) is 2.27. The maximum absolute atomic E-state index is 11.6. The predicted octanol–water partition coefficient (Wildman–Crippen LogP) is 2.06. The summed E-state index contributed by atoms with van der Waals surface area (Å²) in [5.74, 6) is 0.400. The summed E-state index contributed by atoms with van der Waals surface area (Å²) in [4.78, 5) is 1.90. The highest BCUT2D eigenvalue weighted by Crippen LogP contribution is 2.19. The first-order chi connectivity index (χ1) is 9.52. The largest absolute Gasteiger partial charge is 0.341 e. The Morgan fingerprint density at radius 1 is 1.45 bits per heavy atom. The molecule has 1 aliphatic rings. The lowest BCUT2D eigenvalue weighted by Gasteiger charge is -2.29. The number of sulfone groups is 1. The fourth-order valence-corrected chi connectivity index (χ4v) is 4.35. The van der Waals surface area contributed by atoms with Crippen LogP contribution >= 0.6 is 12.2 Å². The Balaban J connectivity index is 2.08. The van der Waals surface area contributed by atoms with Crippen molar-refractivity contribution in [3.05, 3.63) is 43.0 Å². The van der Waals surface area contributed by atoms with Gasteiger partial charge in [-0.25, -0.2) is 8.42 Å². The summed E-state index contributed by atoms with van der Waals surface area (Å²) < 4.78 is 23.2. The van der Waals surface area contributed by atoms with Gasteiger partial charge in [0.2, 0.25) is 0 Å². The van der Waals surface area contributed by atoms with E-state index in [0.717, 1.165) is 5.69 Å². The van der Waals surface area contributed by atoms with Crippen LogP contribution in [-0.2, 0) is 9.84 Å². The molecule has 0 bridgehead atoms. The van der Waals surface area contributed by atoms with Gasteiger partial charge in [0.25, 0.3) is 0 Å². The minimum Gasteiger partial charge on any atom is -0.341 e. The SMILES string of the molecule is C=CCN(C(=S)Nc1ccccc1)[C@@H]1CCS(=O)(=O)C1. The molecule has 0 radical (unpaired) electrons. The molecule has 1 N–H and O–H groups in total. The van der Waals surface area contributed by atoms with Crippen LogP contribution in [0.5, 0.6) is 0 Å². The number of nitrogens with one attached hydrogen (secondary N) is 1. The van der Waals surface area contributed by atoms with Gasteiger partial charge in [-0.3, -0.25) is 0 Å². The normalized spacial score (nSPS) is 20.3. The number of thiocarbonyl (C=S) groups is 1. The lowest BCUT2D eigenvalue weighted by molar-refractivity contribution is 0.370. The van der Waals surface area contributed by atoms with Crippen LogP contribution in [0, 0.1) is 0 Å². The van der Waals surface area contributed by atoms with E-state index >= 15 is 0 Å². The minimum atomic E-state index is -2.93. The molecule has 0 aromatic heterocycles. The molecule has 1 aliphatic heterocycles. The Labute approximate surface area is 125 Å². The topological polar surface area (TPSA) is 49.4 Å². The third-order valence-corrected chi connectivity index (χ3v) is 5.35. The Bertz CT molecular complexity index is 584. The number of anilines is 1. The average molecular weight is 310 g/mol. The van der Waals surface area contributed by atoms with E-state index < -0.39 is 9.84 Å². The van der Waals surface area contributed by atoms with E-state index in [9.17, 15) is 8.42 Å². The Kier molecular flexibility index (Phi) is 4.77. The van der Waals surface area contributed by atoms with Crippen LogP contribution in [0.2, 0.25) is 0 Å². The van der Waals surface area contributed by atoms with Crippen LogP contribution in [-0.4, -0.2) is 42.5 Å². The quantitative estimate of drug-likeness (QED) is 0.681. The average Bonchev–Trinajstić information content (AvgIpc) is 2.77. The first kappa shape index (κ1) is 15.0. The zero-order chi connectivity index (χ0) is 14.6. The lowest BCUT2D eigenvalue weighted by atomic mass is 10.2. The van der Waals surface area contributed by atoms with E-state index in [1.165, 1.54) is 0 Å². The fraction of sp³-hybridized carbons (Fsp3) is 0.357. The first-order valence-electron chi connectivity index (χ1n) is 6.46. The highest BCUT2D eigenvalue weighted by molar-refractivity contribution is 7.91. The molecule has 0 spiro atoms. The number of nitrogens with zero attached hydrogens (tertiary/aromatic N) is 1. The Hall–Kier alpha value is -1.40. The molecule has 2 rings (SSSR count). The van der Waals surface area contributed by atoms with Crippen molar-refractivity contribution in [2.24, 2.45) is 0 Å². The monoisotopic (exact) mass is 310 g/mol. The van der Waals surface area contributed by atoms with Crippen LogP contribution in [0.3, 0.4) is 0 Å². The van der Waals surface area contributed by atoms with Crippen molar-refractivity contribution in [1.82, 2.24) is 4.90 Å². The zero-order valence-electron chi connectivity index (χ0n) is 11.2. The summed E-state index contributed by atoms with van der Waals surface area (Å²) in [7, 11) is -2.93. The van der Waals surface area contributed by atoms with Gasteiger partial charge in [0.1, 0.15) is 0 Å². The van der Waals surface area contributed by atoms with E-state index in [4.69, 9.17) is 12.2 Å². The van der Waals surface area contributed by atoms with Gasteiger partial charge < -0.3 is 10.2 Å². The van der Waals surface area contributed by atoms with Gasteiger partial charge in [-0.2, -0.15) is 0 Å². The van der Waals surface area contributed by atoms with Crippen molar-refractivity contribution in [3.63, 3.8) is 0 Å². The number of hydrogen-bond acceptors (Lipinski definition) is 3. The van der Waals surface area contributed by atoms with Crippen LogP contribution in [0.4, 0.5) is 5.69 Å². The molecule has 1 atom stereocenters. The molecule has 20 heavy (non-hydrogen) atoms. The first-order valence-corrected chi connectivity index (χ1v) is 8.69. The summed E-state index contributed by atoms with van der Waals surface area (Å²) in [6.07, 6.45) is 2.36. The van der Waals surface area contributed by atoms with E-state index in [-0.39, 0.29) is 17.5 Å². The van der Waals surface area contributed by atoms with Crippen LogP contribution in [0.15, 0.2) is 43.0 Å². The van der Waals surface area contributed by atoms with E-state index in [2.05, 4.69) is 11.9 Å². The third-order valence-electron chi connectivity index (χ3n) is 3.26.